The first-order chi connectivity index (χ1) is 12.1. The van der Waals surface area contributed by atoms with Crippen LogP contribution in [0.1, 0.15) is 18.1 Å². The van der Waals surface area contributed by atoms with Crippen molar-refractivity contribution in [1.82, 2.24) is 4.90 Å². The highest BCUT2D eigenvalue weighted by atomic mass is 35.5. The van der Waals surface area contributed by atoms with Crippen LogP contribution in [0, 0.1) is 6.92 Å². The van der Waals surface area contributed by atoms with E-state index in [9.17, 15) is 13.2 Å². The molecule has 8 heteroatoms. The van der Waals surface area contributed by atoms with Gasteiger partial charge in [-0.05, 0) is 49.7 Å². The number of aryl methyl sites for hydroxylation is 1. The SMILES string of the molecule is CCN(C)C=Nc1cc(C)c(Nc2ccc(Cl)cc2C(F)(F)F)cc1Cl. The van der Waals surface area contributed by atoms with Gasteiger partial charge in [0.05, 0.1) is 28.3 Å². The molecule has 0 saturated heterocycles. The van der Waals surface area contributed by atoms with Crippen LogP contribution in [-0.2, 0) is 6.18 Å². The number of benzene rings is 2. The van der Waals surface area contributed by atoms with Crippen LogP contribution in [0.2, 0.25) is 10.0 Å². The second-order valence-corrected chi connectivity index (χ2v) is 6.59. The molecule has 0 fully saturated rings. The van der Waals surface area contributed by atoms with E-state index in [1.54, 1.807) is 25.4 Å². The summed E-state index contributed by atoms with van der Waals surface area (Å²) >= 11 is 11.9. The second kappa shape index (κ2) is 8.18. The average molecular weight is 404 g/mol. The molecule has 140 valence electrons. The van der Waals surface area contributed by atoms with Gasteiger partial charge in [0.2, 0.25) is 0 Å². The molecule has 26 heavy (non-hydrogen) atoms. The number of halogens is 5. The molecular formula is C18H18Cl2F3N3. The Balaban J connectivity index is 2.37. The molecule has 0 radical (unpaired) electrons. The van der Waals surface area contributed by atoms with Gasteiger partial charge in [0.15, 0.2) is 0 Å². The molecule has 0 atom stereocenters. The molecule has 0 aliphatic heterocycles. The zero-order valence-electron chi connectivity index (χ0n) is 14.5. The Morgan fingerprint density at radius 3 is 2.46 bits per heavy atom. The van der Waals surface area contributed by atoms with Gasteiger partial charge in [-0.15, -0.1) is 0 Å². The highest BCUT2D eigenvalue weighted by molar-refractivity contribution is 6.33. The lowest BCUT2D eigenvalue weighted by molar-refractivity contribution is -0.136. The summed E-state index contributed by atoms with van der Waals surface area (Å²) in [6.45, 7) is 4.54. The Morgan fingerprint density at radius 2 is 1.85 bits per heavy atom. The number of nitrogens with zero attached hydrogens (tertiary/aromatic N) is 2. The fraction of sp³-hybridized carbons (Fsp3) is 0.278. The Bertz CT molecular complexity index is 820. The molecule has 3 nitrogen and oxygen atoms in total. The quantitative estimate of drug-likeness (QED) is 0.445. The molecule has 0 spiro atoms. The van der Waals surface area contributed by atoms with E-state index in [1.165, 1.54) is 12.1 Å². The van der Waals surface area contributed by atoms with E-state index in [0.29, 0.717) is 22.0 Å². The van der Waals surface area contributed by atoms with Crippen LogP contribution < -0.4 is 5.32 Å². The molecule has 0 aromatic heterocycles. The van der Waals surface area contributed by atoms with Crippen LogP contribution in [0.5, 0.6) is 0 Å². The molecule has 2 rings (SSSR count). The van der Waals surface area contributed by atoms with E-state index in [0.717, 1.165) is 12.6 Å². The van der Waals surface area contributed by atoms with Crippen molar-refractivity contribution in [3.8, 4) is 0 Å². The average Bonchev–Trinajstić information content (AvgIpc) is 2.56. The topological polar surface area (TPSA) is 27.6 Å². The minimum absolute atomic E-state index is 0.0161. The lowest BCUT2D eigenvalue weighted by Gasteiger charge is -2.17. The van der Waals surface area contributed by atoms with Crippen LogP contribution in [0.15, 0.2) is 35.3 Å². The van der Waals surface area contributed by atoms with Crippen molar-refractivity contribution in [2.75, 3.05) is 18.9 Å². The summed E-state index contributed by atoms with van der Waals surface area (Å²) in [5, 5.41) is 3.14. The third-order valence-electron chi connectivity index (χ3n) is 3.74. The van der Waals surface area contributed by atoms with E-state index >= 15 is 0 Å². The smallest absolute Gasteiger partial charge is 0.366 e. The van der Waals surface area contributed by atoms with Gasteiger partial charge in [-0.2, -0.15) is 13.2 Å². The first-order valence-corrected chi connectivity index (χ1v) is 8.55. The van der Waals surface area contributed by atoms with Crippen molar-refractivity contribution in [2.24, 2.45) is 4.99 Å². The molecule has 0 unspecified atom stereocenters. The summed E-state index contributed by atoms with van der Waals surface area (Å²) in [5.74, 6) is 0. The number of hydrogen-bond acceptors (Lipinski definition) is 2. The first kappa shape index (κ1) is 20.4. The summed E-state index contributed by atoms with van der Waals surface area (Å²) in [6.07, 6.45) is -2.88. The van der Waals surface area contributed by atoms with Crippen LogP contribution in [0.3, 0.4) is 0 Å². The van der Waals surface area contributed by atoms with Crippen molar-refractivity contribution in [1.29, 1.82) is 0 Å². The first-order valence-electron chi connectivity index (χ1n) is 7.80. The summed E-state index contributed by atoms with van der Waals surface area (Å²) in [5.41, 5.74) is 0.784. The standard InChI is InChI=1S/C18H18Cl2F3N3/c1-4-26(3)10-24-17-7-11(2)16(9-14(17)20)25-15-6-5-12(19)8-13(15)18(21,22)23/h5-10,25H,4H2,1-3H3. The lowest BCUT2D eigenvalue weighted by Crippen LogP contribution is -2.14. The molecule has 1 N–H and O–H groups in total. The van der Waals surface area contributed by atoms with Crippen LogP contribution in [0.4, 0.5) is 30.2 Å². The van der Waals surface area contributed by atoms with E-state index in [1.807, 2.05) is 18.9 Å². The largest absolute Gasteiger partial charge is 0.418 e. The number of hydrogen-bond donors (Lipinski definition) is 1. The van der Waals surface area contributed by atoms with Crippen LogP contribution in [0.25, 0.3) is 0 Å². The zero-order valence-corrected chi connectivity index (χ0v) is 16.0. The minimum atomic E-state index is -4.53. The van der Waals surface area contributed by atoms with Crippen molar-refractivity contribution < 1.29 is 13.2 Å². The Hall–Kier alpha value is -1.92. The number of anilines is 2. The molecule has 0 bridgehead atoms. The second-order valence-electron chi connectivity index (χ2n) is 5.75. The normalized spacial score (nSPS) is 11.8. The zero-order chi connectivity index (χ0) is 19.5. The Labute approximate surface area is 160 Å². The van der Waals surface area contributed by atoms with Gasteiger partial charge in [-0.25, -0.2) is 4.99 Å². The van der Waals surface area contributed by atoms with E-state index in [2.05, 4.69) is 10.3 Å². The highest BCUT2D eigenvalue weighted by Crippen LogP contribution is 2.39. The van der Waals surface area contributed by atoms with Gasteiger partial charge in [-0.3, -0.25) is 0 Å². The maximum atomic E-state index is 13.2. The third-order valence-corrected chi connectivity index (χ3v) is 4.28. The van der Waals surface area contributed by atoms with Gasteiger partial charge in [-0.1, -0.05) is 23.2 Å². The van der Waals surface area contributed by atoms with Crippen LogP contribution >= 0.6 is 23.2 Å². The van der Waals surface area contributed by atoms with Gasteiger partial charge >= 0.3 is 6.18 Å². The van der Waals surface area contributed by atoms with Gasteiger partial charge in [0.25, 0.3) is 0 Å². The van der Waals surface area contributed by atoms with Crippen molar-refractivity contribution in [2.45, 2.75) is 20.0 Å². The summed E-state index contributed by atoms with van der Waals surface area (Å²) in [4.78, 5) is 6.17. The summed E-state index contributed by atoms with van der Waals surface area (Å²) in [7, 11) is 1.87. The lowest BCUT2D eigenvalue weighted by atomic mass is 10.1. The summed E-state index contributed by atoms with van der Waals surface area (Å²) < 4.78 is 39.7. The fourth-order valence-electron chi connectivity index (χ4n) is 2.15. The van der Waals surface area contributed by atoms with Gasteiger partial charge in [0.1, 0.15) is 0 Å². The fourth-order valence-corrected chi connectivity index (χ4v) is 2.53. The Kier molecular flexibility index (Phi) is 6.42. The predicted molar refractivity (Wildman–Crippen MR) is 102 cm³/mol. The van der Waals surface area contributed by atoms with E-state index < -0.39 is 11.7 Å². The molecular weight excluding hydrogens is 386 g/mol. The number of aliphatic imine (C=N–C) groups is 1. The molecule has 0 aliphatic carbocycles. The number of rotatable bonds is 5. The number of alkyl halides is 3. The molecule has 0 aliphatic rings. The van der Waals surface area contributed by atoms with Gasteiger partial charge < -0.3 is 10.2 Å². The molecule has 2 aromatic rings. The molecule has 2 aromatic carbocycles. The Morgan fingerprint density at radius 1 is 1.15 bits per heavy atom. The van der Waals surface area contributed by atoms with E-state index in [4.69, 9.17) is 23.2 Å². The molecule has 0 heterocycles. The van der Waals surface area contributed by atoms with Crippen LogP contribution in [-0.4, -0.2) is 24.8 Å². The van der Waals surface area contributed by atoms with Gasteiger partial charge in [0, 0.05) is 24.3 Å². The maximum Gasteiger partial charge on any atom is 0.418 e. The highest BCUT2D eigenvalue weighted by Gasteiger charge is 2.34. The predicted octanol–water partition coefficient (Wildman–Crippen LogP) is 6.68. The molecule has 0 amide bonds. The number of nitrogens with one attached hydrogen (secondary N) is 1. The van der Waals surface area contributed by atoms with Crippen molar-refractivity contribution >= 4 is 46.6 Å². The molecule has 0 saturated carbocycles. The van der Waals surface area contributed by atoms with E-state index in [-0.39, 0.29) is 10.7 Å². The van der Waals surface area contributed by atoms with Crippen molar-refractivity contribution in [3.63, 3.8) is 0 Å². The van der Waals surface area contributed by atoms with Crippen molar-refractivity contribution in [3.05, 3.63) is 51.5 Å². The minimum Gasteiger partial charge on any atom is -0.366 e. The monoisotopic (exact) mass is 403 g/mol. The maximum absolute atomic E-state index is 13.2. The summed E-state index contributed by atoms with van der Waals surface area (Å²) in [6, 6.07) is 6.86. The third kappa shape index (κ3) is 5.05.